The molecule has 1 N–H and O–H groups in total. The zero-order valence-corrected chi connectivity index (χ0v) is 11.7. The maximum absolute atomic E-state index is 11.2. The Kier molecular flexibility index (Phi) is 5.46. The second-order valence-corrected chi connectivity index (χ2v) is 4.45. The molecule has 8 nitrogen and oxygen atoms in total. The van der Waals surface area contributed by atoms with Gasteiger partial charge in [0.05, 0.1) is 6.10 Å². The zero-order chi connectivity index (χ0) is 15.4. The molecule has 1 aliphatic rings. The summed E-state index contributed by atoms with van der Waals surface area (Å²) < 4.78 is 20.1. The van der Waals surface area contributed by atoms with Crippen LogP contribution in [0.25, 0.3) is 0 Å². The van der Waals surface area contributed by atoms with Gasteiger partial charge in [-0.3, -0.25) is 14.4 Å². The lowest BCUT2D eigenvalue weighted by Gasteiger charge is -2.41. The molecule has 1 aliphatic heterocycles. The van der Waals surface area contributed by atoms with Crippen molar-refractivity contribution in [1.82, 2.24) is 0 Å². The van der Waals surface area contributed by atoms with Crippen LogP contribution in [0.15, 0.2) is 0 Å². The number of hydrogen-bond donors (Lipinski definition) is 1. The van der Waals surface area contributed by atoms with Crippen LogP contribution in [0.5, 0.6) is 0 Å². The van der Waals surface area contributed by atoms with E-state index in [9.17, 15) is 19.5 Å². The van der Waals surface area contributed by atoms with E-state index < -0.39 is 48.6 Å². The smallest absolute Gasteiger partial charge is 0.303 e. The number of aliphatic hydroxyl groups is 1. The number of rotatable bonds is 3. The third-order valence-electron chi connectivity index (χ3n) is 2.65. The summed E-state index contributed by atoms with van der Waals surface area (Å²) in [5.74, 6) is -1.96. The number of ether oxygens (including phenoxy) is 4. The highest BCUT2D eigenvalue weighted by atomic mass is 16.7. The first-order valence-corrected chi connectivity index (χ1v) is 6.07. The minimum Gasteiger partial charge on any atom is -0.456 e. The SMILES string of the molecule is CC(=O)OC1[C@@H](OC(C)=O)[C@@H](C)O[C@H](O)[C@@H]1OC(C)=O. The van der Waals surface area contributed by atoms with Crippen LogP contribution in [-0.2, 0) is 33.3 Å². The van der Waals surface area contributed by atoms with E-state index in [0.717, 1.165) is 13.8 Å². The molecule has 1 saturated heterocycles. The van der Waals surface area contributed by atoms with Crippen LogP contribution in [0.2, 0.25) is 0 Å². The first-order valence-electron chi connectivity index (χ1n) is 6.07. The summed E-state index contributed by atoms with van der Waals surface area (Å²) in [7, 11) is 0. The highest BCUT2D eigenvalue weighted by Crippen LogP contribution is 2.27. The fraction of sp³-hybridized carbons (Fsp3) is 0.750. The summed E-state index contributed by atoms with van der Waals surface area (Å²) in [6, 6.07) is 0. The van der Waals surface area contributed by atoms with Crippen molar-refractivity contribution in [2.75, 3.05) is 0 Å². The van der Waals surface area contributed by atoms with Gasteiger partial charge in [0, 0.05) is 20.8 Å². The van der Waals surface area contributed by atoms with Gasteiger partial charge in [-0.05, 0) is 6.92 Å². The molecule has 1 rings (SSSR count). The van der Waals surface area contributed by atoms with E-state index in [0.29, 0.717) is 0 Å². The number of carbonyl (C=O) groups excluding carboxylic acids is 3. The molecule has 5 atom stereocenters. The highest BCUT2D eigenvalue weighted by Gasteiger charge is 2.49. The number of esters is 3. The molecule has 1 unspecified atom stereocenters. The van der Waals surface area contributed by atoms with Gasteiger partial charge in [-0.2, -0.15) is 0 Å². The minimum atomic E-state index is -1.48. The first kappa shape index (κ1) is 16.4. The lowest BCUT2D eigenvalue weighted by atomic mass is 9.99. The van der Waals surface area contributed by atoms with Crippen LogP contribution in [0.1, 0.15) is 27.7 Å². The second-order valence-electron chi connectivity index (χ2n) is 4.45. The minimum absolute atomic E-state index is 0.611. The summed E-state index contributed by atoms with van der Waals surface area (Å²) in [5, 5.41) is 9.79. The predicted molar refractivity (Wildman–Crippen MR) is 63.2 cm³/mol. The molecule has 1 heterocycles. The Morgan fingerprint density at radius 2 is 1.25 bits per heavy atom. The van der Waals surface area contributed by atoms with Crippen molar-refractivity contribution < 1.29 is 38.4 Å². The maximum Gasteiger partial charge on any atom is 0.303 e. The Labute approximate surface area is 115 Å². The van der Waals surface area contributed by atoms with Gasteiger partial charge in [0.2, 0.25) is 0 Å². The molecule has 8 heteroatoms. The van der Waals surface area contributed by atoms with E-state index in [2.05, 4.69) is 0 Å². The van der Waals surface area contributed by atoms with Crippen LogP contribution in [0.3, 0.4) is 0 Å². The molecule has 0 saturated carbocycles. The van der Waals surface area contributed by atoms with E-state index in [4.69, 9.17) is 18.9 Å². The Hall–Kier alpha value is -1.67. The molecule has 20 heavy (non-hydrogen) atoms. The third kappa shape index (κ3) is 4.17. The number of hydrogen-bond acceptors (Lipinski definition) is 8. The van der Waals surface area contributed by atoms with Gasteiger partial charge < -0.3 is 24.1 Å². The molecule has 0 amide bonds. The van der Waals surface area contributed by atoms with Crippen molar-refractivity contribution in [3.05, 3.63) is 0 Å². The normalized spacial score (nSPS) is 33.1. The van der Waals surface area contributed by atoms with Crippen molar-refractivity contribution in [2.45, 2.75) is 58.4 Å². The van der Waals surface area contributed by atoms with E-state index in [1.807, 2.05) is 0 Å². The largest absolute Gasteiger partial charge is 0.456 e. The van der Waals surface area contributed by atoms with Gasteiger partial charge in [0.1, 0.15) is 0 Å². The van der Waals surface area contributed by atoms with Crippen LogP contribution in [0.4, 0.5) is 0 Å². The molecule has 0 radical (unpaired) electrons. The third-order valence-corrected chi connectivity index (χ3v) is 2.65. The second kappa shape index (κ2) is 6.67. The van der Waals surface area contributed by atoms with Crippen LogP contribution in [-0.4, -0.2) is 53.7 Å². The molecule has 0 bridgehead atoms. The molecule has 0 aliphatic carbocycles. The molecular weight excluding hydrogens is 272 g/mol. The average Bonchev–Trinajstić information content (AvgIpc) is 2.27. The summed E-state index contributed by atoms with van der Waals surface area (Å²) in [5.41, 5.74) is 0. The summed E-state index contributed by atoms with van der Waals surface area (Å²) in [6.45, 7) is 5.01. The van der Waals surface area contributed by atoms with Gasteiger partial charge in [0.15, 0.2) is 24.6 Å². The van der Waals surface area contributed by atoms with E-state index >= 15 is 0 Å². The van der Waals surface area contributed by atoms with E-state index in [1.54, 1.807) is 0 Å². The molecular formula is C12H18O8. The molecule has 1 fully saturated rings. The summed E-state index contributed by atoms with van der Waals surface area (Å²) in [6.07, 6.45) is -5.60. The van der Waals surface area contributed by atoms with Crippen molar-refractivity contribution in [2.24, 2.45) is 0 Å². The molecule has 0 spiro atoms. The summed E-state index contributed by atoms with van der Waals surface area (Å²) in [4.78, 5) is 33.3. The molecule has 0 aromatic heterocycles. The average molecular weight is 290 g/mol. The highest BCUT2D eigenvalue weighted by molar-refractivity contribution is 5.68. The fourth-order valence-electron chi connectivity index (χ4n) is 1.99. The van der Waals surface area contributed by atoms with Gasteiger partial charge in [0.25, 0.3) is 0 Å². The van der Waals surface area contributed by atoms with Gasteiger partial charge >= 0.3 is 17.9 Å². The van der Waals surface area contributed by atoms with Crippen LogP contribution in [0, 0.1) is 0 Å². The van der Waals surface area contributed by atoms with Crippen LogP contribution < -0.4 is 0 Å². The van der Waals surface area contributed by atoms with E-state index in [-0.39, 0.29) is 0 Å². The van der Waals surface area contributed by atoms with Crippen molar-refractivity contribution >= 4 is 17.9 Å². The number of carbonyl (C=O) groups is 3. The first-order chi connectivity index (χ1) is 9.22. The molecule has 0 aromatic rings. The van der Waals surface area contributed by atoms with Crippen molar-refractivity contribution in [3.63, 3.8) is 0 Å². The molecule has 114 valence electrons. The predicted octanol–water partition coefficient (Wildman–Crippen LogP) is -0.481. The molecule has 0 aromatic carbocycles. The van der Waals surface area contributed by atoms with Crippen molar-refractivity contribution in [3.8, 4) is 0 Å². The topological polar surface area (TPSA) is 108 Å². The number of aliphatic hydroxyl groups excluding tert-OH is 1. The Morgan fingerprint density at radius 1 is 0.850 bits per heavy atom. The fourth-order valence-corrected chi connectivity index (χ4v) is 1.99. The standard InChI is InChI=1S/C12H18O8/c1-5-9(18-6(2)13)10(19-7(3)14)11(12(16)17-5)20-8(4)15/h5,9-12,16H,1-4H3/t5-,9+,10?,11-,12+/m1/s1. The Morgan fingerprint density at radius 3 is 1.70 bits per heavy atom. The van der Waals surface area contributed by atoms with Crippen LogP contribution >= 0.6 is 0 Å². The monoisotopic (exact) mass is 290 g/mol. The van der Waals surface area contributed by atoms with E-state index in [1.165, 1.54) is 13.8 Å². The Bertz CT molecular complexity index is 365. The maximum atomic E-state index is 11.2. The van der Waals surface area contributed by atoms with Crippen molar-refractivity contribution in [1.29, 1.82) is 0 Å². The van der Waals surface area contributed by atoms with Gasteiger partial charge in [-0.15, -0.1) is 0 Å². The quantitative estimate of drug-likeness (QED) is 0.548. The zero-order valence-electron chi connectivity index (χ0n) is 11.7. The lowest BCUT2D eigenvalue weighted by Crippen LogP contribution is -2.60. The van der Waals surface area contributed by atoms with Gasteiger partial charge in [-0.25, -0.2) is 0 Å². The Balaban J connectivity index is 3.01. The lowest BCUT2D eigenvalue weighted by molar-refractivity contribution is -0.288. The summed E-state index contributed by atoms with van der Waals surface area (Å²) >= 11 is 0. The van der Waals surface area contributed by atoms with Gasteiger partial charge in [-0.1, -0.05) is 0 Å².